The van der Waals surface area contributed by atoms with Crippen LogP contribution in [0.2, 0.25) is 0 Å². The first kappa shape index (κ1) is 42.9. The summed E-state index contributed by atoms with van der Waals surface area (Å²) in [6.07, 6.45) is 5.90. The summed E-state index contributed by atoms with van der Waals surface area (Å²) in [4.78, 5) is 17.1. The van der Waals surface area contributed by atoms with Gasteiger partial charge < -0.3 is 9.52 Å². The fourth-order valence-electron chi connectivity index (χ4n) is 7.73. The van der Waals surface area contributed by atoms with E-state index in [1.54, 1.807) is 0 Å². The number of fused-ring (bicyclic) bond motifs is 6. The summed E-state index contributed by atoms with van der Waals surface area (Å²) in [6.45, 7) is 26.0. The molecule has 0 saturated carbocycles. The number of ketones is 1. The van der Waals surface area contributed by atoms with Gasteiger partial charge in [0.15, 0.2) is 5.78 Å². The molecule has 4 nitrogen and oxygen atoms in total. The number of aliphatic hydroxyl groups is 1. The average Bonchev–Trinajstić information content (AvgIpc) is 3.45. The van der Waals surface area contributed by atoms with Crippen LogP contribution >= 0.6 is 0 Å². The normalized spacial score (nSPS) is 12.5. The minimum atomic E-state index is -0.0209. The van der Waals surface area contributed by atoms with E-state index in [4.69, 9.17) is 9.40 Å². The topological polar surface area (TPSA) is 63.3 Å². The Morgan fingerprint density at radius 2 is 1.48 bits per heavy atom. The molecular weight excluding hydrogens is 843 g/mol. The summed E-state index contributed by atoms with van der Waals surface area (Å²) in [7, 11) is 0. The van der Waals surface area contributed by atoms with Crippen molar-refractivity contribution in [2.24, 2.45) is 17.3 Å². The Labute approximate surface area is 337 Å². The molecule has 0 fully saturated rings. The van der Waals surface area contributed by atoms with Crippen LogP contribution in [0, 0.1) is 37.2 Å². The first-order chi connectivity index (χ1) is 25.0. The number of furan rings is 1. The molecule has 0 aliphatic rings. The monoisotopic (exact) mass is 903 g/mol. The number of hydrogen-bond donors (Lipinski definition) is 1. The van der Waals surface area contributed by atoms with Crippen LogP contribution in [0.3, 0.4) is 0 Å². The molecule has 1 N–H and O–H groups in total. The Morgan fingerprint density at radius 1 is 0.833 bits per heavy atom. The molecule has 0 saturated heterocycles. The second-order valence-corrected chi connectivity index (χ2v) is 17.2. The van der Waals surface area contributed by atoms with E-state index in [2.05, 4.69) is 122 Å². The molecule has 1 radical (unpaired) electrons. The van der Waals surface area contributed by atoms with Gasteiger partial charge in [0.2, 0.25) is 0 Å². The SMILES string of the molecule is CCC(CC)C(=O)/C=C(\O)C(CC)CC.Cc1cc(C)c2c(c1)nc(-c1[c-]c3ccccc3c(C(C)(C)C)c1)c1c3ccc(CC(C)(C)C)cc3oc21.[Ir]. The van der Waals surface area contributed by atoms with Crippen molar-refractivity contribution in [2.75, 3.05) is 0 Å². The Kier molecular flexibility index (Phi) is 13.8. The Hall–Kier alpha value is -3.79. The molecule has 5 heteroatoms. The van der Waals surface area contributed by atoms with Crippen molar-refractivity contribution < 1.29 is 34.4 Å². The first-order valence-corrected chi connectivity index (χ1v) is 19.7. The molecular formula is C49H60IrNO3-. The molecule has 2 aromatic heterocycles. The molecule has 289 valence electrons. The van der Waals surface area contributed by atoms with Crippen LogP contribution in [-0.2, 0) is 36.7 Å². The van der Waals surface area contributed by atoms with Gasteiger partial charge in [0.25, 0.3) is 0 Å². The van der Waals surface area contributed by atoms with E-state index in [1.807, 2.05) is 27.7 Å². The van der Waals surface area contributed by atoms with E-state index in [1.165, 1.54) is 33.7 Å². The maximum Gasteiger partial charge on any atom is 0.162 e. The van der Waals surface area contributed by atoms with Crippen LogP contribution in [-0.4, -0.2) is 15.9 Å². The van der Waals surface area contributed by atoms with Crippen molar-refractivity contribution in [1.29, 1.82) is 0 Å². The molecule has 6 aromatic rings. The van der Waals surface area contributed by atoms with Crippen molar-refractivity contribution in [2.45, 2.75) is 121 Å². The number of hydrogen-bond acceptors (Lipinski definition) is 4. The summed E-state index contributed by atoms with van der Waals surface area (Å²) in [5.74, 6) is 0.547. The molecule has 0 spiro atoms. The summed E-state index contributed by atoms with van der Waals surface area (Å²) >= 11 is 0. The van der Waals surface area contributed by atoms with Crippen LogP contribution in [0.15, 0.2) is 76.9 Å². The van der Waals surface area contributed by atoms with Crippen LogP contribution in [0.1, 0.15) is 117 Å². The van der Waals surface area contributed by atoms with Gasteiger partial charge in [-0.1, -0.05) is 117 Å². The van der Waals surface area contributed by atoms with E-state index >= 15 is 0 Å². The predicted octanol–water partition coefficient (Wildman–Crippen LogP) is 14.1. The van der Waals surface area contributed by atoms with Gasteiger partial charge >= 0.3 is 0 Å². The molecule has 6 rings (SSSR count). The van der Waals surface area contributed by atoms with Crippen LogP contribution < -0.4 is 0 Å². The molecule has 2 heterocycles. The van der Waals surface area contributed by atoms with Gasteiger partial charge in [0.1, 0.15) is 11.2 Å². The summed E-state index contributed by atoms with van der Waals surface area (Å²) in [5.41, 5.74) is 9.95. The van der Waals surface area contributed by atoms with Gasteiger partial charge in [-0.3, -0.25) is 9.78 Å². The minimum Gasteiger partial charge on any atom is -0.512 e. The van der Waals surface area contributed by atoms with Gasteiger partial charge in [-0.15, -0.1) is 29.1 Å². The molecule has 54 heavy (non-hydrogen) atoms. The number of carbonyl (C=O) groups excluding carboxylic acids is 1. The zero-order valence-corrected chi connectivity index (χ0v) is 37.0. The minimum absolute atomic E-state index is 0. The van der Waals surface area contributed by atoms with Crippen LogP contribution in [0.25, 0.3) is 54.9 Å². The van der Waals surface area contributed by atoms with E-state index in [0.29, 0.717) is 0 Å². The summed E-state index contributed by atoms with van der Waals surface area (Å²) in [6, 6.07) is 25.7. The average molecular weight is 903 g/mol. The third kappa shape index (κ3) is 9.35. The largest absolute Gasteiger partial charge is 0.512 e. The molecule has 0 aliphatic heterocycles. The van der Waals surface area contributed by atoms with Crippen LogP contribution in [0.4, 0.5) is 0 Å². The number of aromatic nitrogens is 1. The fraction of sp³-hybridized carbons (Fsp3) is 0.429. The van der Waals surface area contributed by atoms with Gasteiger partial charge in [0, 0.05) is 59.9 Å². The van der Waals surface area contributed by atoms with E-state index in [9.17, 15) is 9.90 Å². The number of aliphatic hydroxyl groups excluding tert-OH is 1. The van der Waals surface area contributed by atoms with Crippen molar-refractivity contribution in [3.05, 3.63) is 101 Å². The smallest absolute Gasteiger partial charge is 0.162 e. The number of rotatable bonds is 9. The number of carbonyl (C=O) groups is 1. The van der Waals surface area contributed by atoms with Crippen molar-refractivity contribution in [1.82, 2.24) is 4.98 Å². The molecule has 0 unspecified atom stereocenters. The van der Waals surface area contributed by atoms with Crippen molar-refractivity contribution >= 4 is 49.4 Å². The van der Waals surface area contributed by atoms with Gasteiger partial charge in [-0.05, 0) is 85.6 Å². The Bertz CT molecular complexity index is 2290. The van der Waals surface area contributed by atoms with Crippen LogP contribution in [0.5, 0.6) is 0 Å². The Balaban J connectivity index is 0.000000347. The first-order valence-electron chi connectivity index (χ1n) is 19.7. The van der Waals surface area contributed by atoms with Gasteiger partial charge in [0.05, 0.1) is 11.3 Å². The number of allylic oxidation sites excluding steroid dienone is 2. The molecule has 0 aliphatic carbocycles. The number of nitrogens with zero attached hydrogens (tertiary/aromatic N) is 1. The fourth-order valence-corrected chi connectivity index (χ4v) is 7.73. The van der Waals surface area contributed by atoms with E-state index < -0.39 is 0 Å². The number of pyridine rings is 1. The zero-order chi connectivity index (χ0) is 38.8. The standard InChI is InChI=1S/C36H36NO.C13H24O2.Ir/c1-21-15-22(2)31-29(16-21)37-33(25-18-24-11-9-10-12-26(24)28(19-25)36(6,7)8)32-27-14-13-23(20-35(3,4)5)17-30(27)38-34(31)32;1-5-10(6-2)12(14)9-13(15)11(7-3)8-4;/h9-17,19H,20H2,1-8H3;9-11,14H,5-8H2,1-4H3;/q-1;;/b;12-9-;. The third-order valence-corrected chi connectivity index (χ3v) is 10.6. The predicted molar refractivity (Wildman–Crippen MR) is 226 cm³/mol. The maximum atomic E-state index is 11.7. The van der Waals surface area contributed by atoms with E-state index in [0.717, 1.165) is 81.6 Å². The van der Waals surface area contributed by atoms with E-state index in [-0.39, 0.29) is 54.3 Å². The van der Waals surface area contributed by atoms with Crippen molar-refractivity contribution in [3.63, 3.8) is 0 Å². The molecule has 0 bridgehead atoms. The second-order valence-electron chi connectivity index (χ2n) is 17.2. The van der Waals surface area contributed by atoms with Crippen molar-refractivity contribution in [3.8, 4) is 11.3 Å². The summed E-state index contributed by atoms with van der Waals surface area (Å²) < 4.78 is 6.73. The number of benzene rings is 4. The molecule has 4 aromatic carbocycles. The summed E-state index contributed by atoms with van der Waals surface area (Å²) in [5, 5.41) is 15.4. The number of aryl methyl sites for hydroxylation is 2. The second kappa shape index (κ2) is 17.3. The molecule has 0 atom stereocenters. The zero-order valence-electron chi connectivity index (χ0n) is 34.6. The Morgan fingerprint density at radius 3 is 2.09 bits per heavy atom. The van der Waals surface area contributed by atoms with Gasteiger partial charge in [-0.2, -0.15) is 0 Å². The maximum absolute atomic E-state index is 11.7. The van der Waals surface area contributed by atoms with Gasteiger partial charge in [-0.25, -0.2) is 0 Å². The quantitative estimate of drug-likeness (QED) is 0.0892. The third-order valence-electron chi connectivity index (χ3n) is 10.6. The molecule has 0 amide bonds.